The smallest absolute Gasteiger partial charge is 0.0639 e. The third-order valence-corrected chi connectivity index (χ3v) is 9.14. The minimum atomic E-state index is 0.611. The minimum Gasteiger partial charge on any atom is -0.344 e. The van der Waals surface area contributed by atoms with E-state index in [0.29, 0.717) is 6.54 Å². The monoisotopic (exact) mass is 617 g/mol. The van der Waals surface area contributed by atoms with Gasteiger partial charge < -0.3 is 9.47 Å². The Balaban J connectivity index is 1.17. The summed E-state index contributed by atoms with van der Waals surface area (Å²) >= 11 is 0. The first-order valence-corrected chi connectivity index (χ1v) is 16.4. The van der Waals surface area contributed by atoms with Gasteiger partial charge in [0.15, 0.2) is 0 Å². The summed E-state index contributed by atoms with van der Waals surface area (Å²) in [6, 6.07) is 62.5. The van der Waals surface area contributed by atoms with Gasteiger partial charge in [0.05, 0.1) is 17.6 Å². The predicted octanol–water partition coefficient (Wildman–Crippen LogP) is 11.5. The number of benzene rings is 7. The molecule has 0 aliphatic rings. The lowest BCUT2D eigenvalue weighted by Crippen LogP contribution is -2.11. The van der Waals surface area contributed by atoms with Crippen LogP contribution in [0.25, 0.3) is 49.7 Å². The van der Waals surface area contributed by atoms with Crippen LogP contribution in [-0.4, -0.2) is 17.8 Å². The van der Waals surface area contributed by atoms with Crippen molar-refractivity contribution in [2.24, 2.45) is 4.99 Å². The van der Waals surface area contributed by atoms with E-state index in [4.69, 9.17) is 4.99 Å². The molecular weight excluding hydrogens is 583 g/mol. The van der Waals surface area contributed by atoms with E-state index in [0.717, 1.165) is 33.8 Å². The van der Waals surface area contributed by atoms with Crippen molar-refractivity contribution in [3.8, 4) is 27.9 Å². The molecule has 0 unspecified atom stereocenters. The van der Waals surface area contributed by atoms with E-state index >= 15 is 0 Å². The van der Waals surface area contributed by atoms with Gasteiger partial charge in [-0.25, -0.2) is 0 Å². The van der Waals surface area contributed by atoms with Crippen LogP contribution in [0.2, 0.25) is 0 Å². The highest BCUT2D eigenvalue weighted by molar-refractivity contribution is 6.09. The van der Waals surface area contributed by atoms with Crippen molar-refractivity contribution in [3.05, 3.63) is 187 Å². The SMILES string of the molecule is CN(c1ccccc1)c1cccc(C=NCc2ccc(-c3ccccc3)cc2)c1-c1ccc(-n2c3ccccc3c3ccccc32)cc1. The Hall–Kier alpha value is -6.19. The lowest BCUT2D eigenvalue weighted by molar-refractivity contribution is 1.08. The molecule has 1 heterocycles. The van der Waals surface area contributed by atoms with E-state index in [9.17, 15) is 0 Å². The summed E-state index contributed by atoms with van der Waals surface area (Å²) in [5.41, 5.74) is 12.8. The van der Waals surface area contributed by atoms with Crippen LogP contribution in [0.1, 0.15) is 11.1 Å². The van der Waals surface area contributed by atoms with Crippen LogP contribution in [0.3, 0.4) is 0 Å². The Morgan fingerprint density at radius 2 is 1.08 bits per heavy atom. The molecule has 7 aromatic carbocycles. The van der Waals surface area contributed by atoms with Crippen molar-refractivity contribution in [2.75, 3.05) is 11.9 Å². The van der Waals surface area contributed by atoms with E-state index in [1.165, 1.54) is 38.5 Å². The lowest BCUT2D eigenvalue weighted by atomic mass is 9.96. The second-order valence-electron chi connectivity index (χ2n) is 12.1. The van der Waals surface area contributed by atoms with E-state index in [1.807, 2.05) is 12.3 Å². The van der Waals surface area contributed by atoms with Crippen LogP contribution >= 0.6 is 0 Å². The van der Waals surface area contributed by atoms with Gasteiger partial charge in [-0.15, -0.1) is 0 Å². The summed E-state index contributed by atoms with van der Waals surface area (Å²) in [7, 11) is 2.13. The number of hydrogen-bond acceptors (Lipinski definition) is 2. The summed E-state index contributed by atoms with van der Waals surface area (Å²) in [5, 5.41) is 2.53. The van der Waals surface area contributed by atoms with Crippen LogP contribution in [0.5, 0.6) is 0 Å². The van der Waals surface area contributed by atoms with Crippen molar-refractivity contribution in [1.82, 2.24) is 4.57 Å². The molecule has 230 valence electrons. The second-order valence-corrected chi connectivity index (χ2v) is 12.1. The molecule has 1 aromatic heterocycles. The third kappa shape index (κ3) is 5.56. The van der Waals surface area contributed by atoms with Gasteiger partial charge in [-0.2, -0.15) is 0 Å². The van der Waals surface area contributed by atoms with Crippen LogP contribution < -0.4 is 4.90 Å². The molecular formula is C45H35N3. The van der Waals surface area contributed by atoms with Crippen molar-refractivity contribution in [3.63, 3.8) is 0 Å². The van der Waals surface area contributed by atoms with E-state index in [2.05, 4.69) is 186 Å². The van der Waals surface area contributed by atoms with Gasteiger partial charge in [0.1, 0.15) is 0 Å². The van der Waals surface area contributed by atoms with Crippen molar-refractivity contribution in [1.29, 1.82) is 0 Å². The number of nitrogens with zero attached hydrogens (tertiary/aromatic N) is 3. The standard InChI is InChI=1S/C45H35N3/c1-47(38-16-6-3-7-17-38)44-22-12-15-37(32-46-31-33-23-25-35(26-24-33)34-13-4-2-5-14-34)45(44)36-27-29-39(30-28-36)48-42-20-10-8-18-40(42)41-19-9-11-21-43(41)48/h2-30,32H,31H2,1H3. The van der Waals surface area contributed by atoms with Crippen LogP contribution in [0.15, 0.2) is 181 Å². The molecule has 0 spiro atoms. The quantitative estimate of drug-likeness (QED) is 0.155. The first-order chi connectivity index (χ1) is 23.7. The Bertz CT molecular complexity index is 2300. The fourth-order valence-electron chi connectivity index (χ4n) is 6.71. The molecule has 0 saturated carbocycles. The molecule has 0 aliphatic carbocycles. The Morgan fingerprint density at radius 1 is 0.521 bits per heavy atom. The number of fused-ring (bicyclic) bond motifs is 3. The molecule has 0 amide bonds. The number of para-hydroxylation sites is 3. The van der Waals surface area contributed by atoms with Gasteiger partial charge in [0.25, 0.3) is 0 Å². The number of hydrogen-bond donors (Lipinski definition) is 0. The maximum Gasteiger partial charge on any atom is 0.0639 e. The van der Waals surface area contributed by atoms with Crippen molar-refractivity contribution >= 4 is 39.4 Å². The Kier molecular flexibility index (Phi) is 7.85. The molecule has 0 fully saturated rings. The van der Waals surface area contributed by atoms with Crippen molar-refractivity contribution in [2.45, 2.75) is 6.54 Å². The summed E-state index contributed by atoms with van der Waals surface area (Å²) in [4.78, 5) is 7.21. The highest BCUT2D eigenvalue weighted by Crippen LogP contribution is 2.38. The minimum absolute atomic E-state index is 0.611. The van der Waals surface area contributed by atoms with E-state index < -0.39 is 0 Å². The van der Waals surface area contributed by atoms with Gasteiger partial charge >= 0.3 is 0 Å². The topological polar surface area (TPSA) is 20.5 Å². The van der Waals surface area contributed by atoms with Gasteiger partial charge in [-0.1, -0.05) is 133 Å². The molecule has 48 heavy (non-hydrogen) atoms. The maximum absolute atomic E-state index is 4.95. The lowest BCUT2D eigenvalue weighted by Gasteiger charge is -2.24. The molecule has 3 heteroatoms. The molecule has 0 aliphatic heterocycles. The summed E-state index contributed by atoms with van der Waals surface area (Å²) in [5.74, 6) is 0. The fraction of sp³-hybridized carbons (Fsp3) is 0.0444. The van der Waals surface area contributed by atoms with Gasteiger partial charge in [0, 0.05) is 52.2 Å². The second kappa shape index (κ2) is 12.9. The predicted molar refractivity (Wildman–Crippen MR) is 204 cm³/mol. The number of aliphatic imine (C=N–C) groups is 1. The average molecular weight is 618 g/mol. The third-order valence-electron chi connectivity index (χ3n) is 9.14. The normalized spacial score (nSPS) is 11.4. The zero-order valence-electron chi connectivity index (χ0n) is 26.9. The van der Waals surface area contributed by atoms with Gasteiger partial charge in [0.2, 0.25) is 0 Å². The Morgan fingerprint density at radius 3 is 1.75 bits per heavy atom. The molecule has 8 aromatic rings. The molecule has 8 rings (SSSR count). The van der Waals surface area contributed by atoms with Crippen LogP contribution in [-0.2, 0) is 6.54 Å². The highest BCUT2D eigenvalue weighted by Gasteiger charge is 2.16. The van der Waals surface area contributed by atoms with Gasteiger partial charge in [-0.05, 0) is 64.7 Å². The van der Waals surface area contributed by atoms with E-state index in [1.54, 1.807) is 0 Å². The summed E-state index contributed by atoms with van der Waals surface area (Å²) in [6.07, 6.45) is 2.03. The molecule has 0 bridgehead atoms. The largest absolute Gasteiger partial charge is 0.344 e. The first kappa shape index (κ1) is 29.2. The number of aromatic nitrogens is 1. The molecule has 0 saturated heterocycles. The first-order valence-electron chi connectivity index (χ1n) is 16.4. The van der Waals surface area contributed by atoms with Crippen molar-refractivity contribution < 1.29 is 0 Å². The summed E-state index contributed by atoms with van der Waals surface area (Å²) < 4.78 is 2.36. The zero-order valence-corrected chi connectivity index (χ0v) is 26.9. The Labute approximate surface area is 281 Å². The van der Waals surface area contributed by atoms with E-state index in [-0.39, 0.29) is 0 Å². The average Bonchev–Trinajstić information content (AvgIpc) is 3.50. The fourth-order valence-corrected chi connectivity index (χ4v) is 6.71. The zero-order chi connectivity index (χ0) is 32.3. The highest BCUT2D eigenvalue weighted by atomic mass is 15.1. The molecule has 0 radical (unpaired) electrons. The number of rotatable bonds is 8. The summed E-state index contributed by atoms with van der Waals surface area (Å²) in [6.45, 7) is 0.611. The van der Waals surface area contributed by atoms with Gasteiger partial charge in [-0.3, -0.25) is 4.99 Å². The number of anilines is 2. The maximum atomic E-state index is 4.95. The molecule has 0 atom stereocenters. The molecule has 3 nitrogen and oxygen atoms in total. The molecule has 0 N–H and O–H groups in total. The van der Waals surface area contributed by atoms with Crippen LogP contribution in [0, 0.1) is 0 Å². The van der Waals surface area contributed by atoms with Crippen LogP contribution in [0.4, 0.5) is 11.4 Å².